The van der Waals surface area contributed by atoms with Crippen LogP contribution >= 0.6 is 0 Å². The Balaban J connectivity index is 1.73. The minimum absolute atomic E-state index is 0.146. The van der Waals surface area contributed by atoms with E-state index in [-0.39, 0.29) is 18.6 Å². The summed E-state index contributed by atoms with van der Waals surface area (Å²) in [4.78, 5) is 16.2. The first kappa shape index (κ1) is 14.0. The summed E-state index contributed by atoms with van der Waals surface area (Å²) in [5.74, 6) is -0.294. The zero-order valence-corrected chi connectivity index (χ0v) is 11.9. The van der Waals surface area contributed by atoms with E-state index in [1.54, 1.807) is 19.9 Å². The Morgan fingerprint density at radius 1 is 1.62 bits per heavy atom. The fraction of sp³-hybridized carbons (Fsp3) is 0.500. The summed E-state index contributed by atoms with van der Waals surface area (Å²) in [7, 11) is 0. The van der Waals surface area contributed by atoms with Crippen LogP contribution < -0.4 is 5.32 Å². The first-order chi connectivity index (χ1) is 9.99. The molecule has 0 aromatic carbocycles. The molecule has 2 aromatic heterocycles. The molecule has 3 heterocycles. The van der Waals surface area contributed by atoms with Crippen molar-refractivity contribution in [3.63, 3.8) is 0 Å². The summed E-state index contributed by atoms with van der Waals surface area (Å²) in [6.45, 7) is 4.23. The van der Waals surface area contributed by atoms with E-state index in [0.29, 0.717) is 35.4 Å². The van der Waals surface area contributed by atoms with Crippen molar-refractivity contribution in [2.45, 2.75) is 32.0 Å². The summed E-state index contributed by atoms with van der Waals surface area (Å²) in [6.07, 6.45) is 1.65. The smallest absolute Gasteiger partial charge is 0.257 e. The van der Waals surface area contributed by atoms with Crippen molar-refractivity contribution in [1.82, 2.24) is 15.5 Å². The fourth-order valence-corrected chi connectivity index (χ4v) is 2.41. The summed E-state index contributed by atoms with van der Waals surface area (Å²) in [5, 5.41) is 17.6. The van der Waals surface area contributed by atoms with Crippen LogP contribution in [-0.4, -0.2) is 46.0 Å². The maximum absolute atomic E-state index is 12.2. The Hall–Kier alpha value is -1.99. The van der Waals surface area contributed by atoms with E-state index in [4.69, 9.17) is 9.26 Å². The third kappa shape index (κ3) is 2.50. The second-order valence-corrected chi connectivity index (χ2v) is 5.39. The summed E-state index contributed by atoms with van der Waals surface area (Å²) >= 11 is 0. The quantitative estimate of drug-likeness (QED) is 0.868. The molecule has 0 aliphatic carbocycles. The predicted octanol–water partition coefficient (Wildman–Crippen LogP) is 0.801. The van der Waals surface area contributed by atoms with Crippen LogP contribution in [0.25, 0.3) is 11.1 Å². The summed E-state index contributed by atoms with van der Waals surface area (Å²) in [5.41, 5.74) is 0.480. The first-order valence-corrected chi connectivity index (χ1v) is 6.84. The molecule has 0 bridgehead atoms. The lowest BCUT2D eigenvalue weighted by atomic mass is 9.96. The number of aryl methyl sites for hydroxylation is 1. The topological polar surface area (TPSA) is 97.5 Å². The molecule has 7 heteroatoms. The zero-order valence-electron chi connectivity index (χ0n) is 11.9. The molecule has 1 amide bonds. The normalized spacial score (nSPS) is 25.4. The second kappa shape index (κ2) is 5.09. The van der Waals surface area contributed by atoms with Gasteiger partial charge in [-0.1, -0.05) is 5.16 Å². The van der Waals surface area contributed by atoms with Gasteiger partial charge in [-0.25, -0.2) is 4.98 Å². The number of hydrogen-bond donors (Lipinski definition) is 2. The molecular formula is C14H17N3O4. The van der Waals surface area contributed by atoms with Crippen LogP contribution in [0.4, 0.5) is 0 Å². The Bertz CT molecular complexity index is 684. The summed E-state index contributed by atoms with van der Waals surface area (Å²) in [6, 6.07) is 1.68. The van der Waals surface area contributed by atoms with E-state index < -0.39 is 5.60 Å². The van der Waals surface area contributed by atoms with Gasteiger partial charge in [0.15, 0.2) is 0 Å². The molecule has 2 unspecified atom stereocenters. The average molecular weight is 291 g/mol. The van der Waals surface area contributed by atoms with Crippen molar-refractivity contribution in [3.8, 4) is 0 Å². The monoisotopic (exact) mass is 291 g/mol. The van der Waals surface area contributed by atoms with Crippen molar-refractivity contribution < 1.29 is 19.2 Å². The van der Waals surface area contributed by atoms with Crippen LogP contribution in [0.15, 0.2) is 16.8 Å². The van der Waals surface area contributed by atoms with Crippen LogP contribution in [-0.2, 0) is 4.74 Å². The Labute approximate surface area is 121 Å². The third-order valence-electron chi connectivity index (χ3n) is 3.99. The van der Waals surface area contributed by atoms with Crippen LogP contribution in [0.5, 0.6) is 0 Å². The van der Waals surface area contributed by atoms with E-state index in [9.17, 15) is 9.90 Å². The predicted molar refractivity (Wildman–Crippen MR) is 73.9 cm³/mol. The number of carbonyl (C=O) groups excluding carboxylic acids is 1. The number of ether oxygens (including phenoxy) is 1. The molecule has 1 fully saturated rings. The molecule has 7 nitrogen and oxygen atoms in total. The molecule has 2 atom stereocenters. The standard InChI is InChI=1S/C14H17N3O4/c1-8-11-5-10(6-15-13(11)21-17-8)12(18)16-7-14(19)3-4-20-9(14)2/h5-6,9,19H,3-4,7H2,1-2H3,(H,16,18). The maximum atomic E-state index is 12.2. The highest BCUT2D eigenvalue weighted by Gasteiger charge is 2.39. The van der Waals surface area contributed by atoms with Gasteiger partial charge in [0, 0.05) is 25.8 Å². The van der Waals surface area contributed by atoms with Gasteiger partial charge in [0.25, 0.3) is 11.6 Å². The number of amides is 1. The van der Waals surface area contributed by atoms with Crippen molar-refractivity contribution in [3.05, 3.63) is 23.5 Å². The van der Waals surface area contributed by atoms with E-state index >= 15 is 0 Å². The minimum Gasteiger partial charge on any atom is -0.385 e. The number of hydrogen-bond acceptors (Lipinski definition) is 6. The average Bonchev–Trinajstić information content (AvgIpc) is 3.01. The molecule has 1 aliphatic rings. The molecule has 0 spiro atoms. The van der Waals surface area contributed by atoms with Crippen LogP contribution in [0, 0.1) is 6.92 Å². The zero-order chi connectivity index (χ0) is 15.0. The van der Waals surface area contributed by atoms with Crippen LogP contribution in [0.3, 0.4) is 0 Å². The number of nitrogens with zero attached hydrogens (tertiary/aromatic N) is 2. The highest BCUT2D eigenvalue weighted by molar-refractivity contribution is 5.97. The lowest BCUT2D eigenvalue weighted by Gasteiger charge is -2.26. The molecule has 0 radical (unpaired) electrons. The SMILES string of the molecule is Cc1noc2ncc(C(=O)NCC3(O)CCOC3C)cc12. The highest BCUT2D eigenvalue weighted by Crippen LogP contribution is 2.25. The Morgan fingerprint density at radius 3 is 3.14 bits per heavy atom. The number of pyridine rings is 1. The van der Waals surface area contributed by atoms with Gasteiger partial charge in [-0.15, -0.1) is 0 Å². The molecule has 2 aromatic rings. The number of aliphatic hydroxyl groups is 1. The molecule has 112 valence electrons. The largest absolute Gasteiger partial charge is 0.385 e. The lowest BCUT2D eigenvalue weighted by Crippen LogP contribution is -2.47. The van der Waals surface area contributed by atoms with Gasteiger partial charge in [0.05, 0.1) is 22.7 Å². The van der Waals surface area contributed by atoms with E-state index in [2.05, 4.69) is 15.5 Å². The second-order valence-electron chi connectivity index (χ2n) is 5.39. The molecule has 3 rings (SSSR count). The first-order valence-electron chi connectivity index (χ1n) is 6.84. The van der Waals surface area contributed by atoms with E-state index in [1.807, 2.05) is 0 Å². The summed E-state index contributed by atoms with van der Waals surface area (Å²) < 4.78 is 10.3. The van der Waals surface area contributed by atoms with Gasteiger partial charge >= 0.3 is 0 Å². The number of carbonyl (C=O) groups is 1. The van der Waals surface area contributed by atoms with Crippen molar-refractivity contribution >= 4 is 17.0 Å². The fourth-order valence-electron chi connectivity index (χ4n) is 2.41. The lowest BCUT2D eigenvalue weighted by molar-refractivity contribution is -0.0251. The molecule has 1 aliphatic heterocycles. The van der Waals surface area contributed by atoms with Gasteiger partial charge in [-0.2, -0.15) is 0 Å². The molecular weight excluding hydrogens is 274 g/mol. The maximum Gasteiger partial charge on any atom is 0.257 e. The molecule has 0 saturated carbocycles. The van der Waals surface area contributed by atoms with Gasteiger partial charge in [0.2, 0.25) is 0 Å². The van der Waals surface area contributed by atoms with Crippen molar-refractivity contribution in [2.24, 2.45) is 0 Å². The van der Waals surface area contributed by atoms with E-state index in [1.165, 1.54) is 6.20 Å². The highest BCUT2D eigenvalue weighted by atomic mass is 16.5. The van der Waals surface area contributed by atoms with Gasteiger partial charge < -0.3 is 19.7 Å². The van der Waals surface area contributed by atoms with Gasteiger partial charge in [0.1, 0.15) is 5.60 Å². The number of aromatic nitrogens is 2. The Morgan fingerprint density at radius 2 is 2.43 bits per heavy atom. The third-order valence-corrected chi connectivity index (χ3v) is 3.99. The number of nitrogens with one attached hydrogen (secondary N) is 1. The number of rotatable bonds is 3. The minimum atomic E-state index is -1.01. The molecule has 2 N–H and O–H groups in total. The molecule has 21 heavy (non-hydrogen) atoms. The van der Waals surface area contributed by atoms with E-state index in [0.717, 1.165) is 0 Å². The van der Waals surface area contributed by atoms with Crippen LogP contribution in [0.2, 0.25) is 0 Å². The number of fused-ring (bicyclic) bond motifs is 1. The van der Waals surface area contributed by atoms with Crippen molar-refractivity contribution in [1.29, 1.82) is 0 Å². The van der Waals surface area contributed by atoms with Crippen molar-refractivity contribution in [2.75, 3.05) is 13.2 Å². The Kier molecular flexibility index (Phi) is 3.38. The molecule has 1 saturated heterocycles. The van der Waals surface area contributed by atoms with Gasteiger partial charge in [-0.3, -0.25) is 4.79 Å². The van der Waals surface area contributed by atoms with Gasteiger partial charge in [-0.05, 0) is 19.9 Å². The van der Waals surface area contributed by atoms with Crippen LogP contribution in [0.1, 0.15) is 29.4 Å².